The van der Waals surface area contributed by atoms with Crippen molar-refractivity contribution in [2.24, 2.45) is 0 Å². The third-order valence-electron chi connectivity index (χ3n) is 4.37. The summed E-state index contributed by atoms with van der Waals surface area (Å²) in [6, 6.07) is 23.1. The summed E-state index contributed by atoms with van der Waals surface area (Å²) < 4.78 is 5.58. The number of nitrogens with one attached hydrogen (secondary N) is 1. The Morgan fingerprint density at radius 3 is 2.33 bits per heavy atom. The van der Waals surface area contributed by atoms with Gasteiger partial charge in [0, 0.05) is 16.3 Å². The van der Waals surface area contributed by atoms with Crippen LogP contribution in [0.25, 0.3) is 6.08 Å². The minimum Gasteiger partial charge on any atom is -0.419 e. The van der Waals surface area contributed by atoms with Crippen LogP contribution in [0.15, 0.2) is 84.6 Å². The monoisotopic (exact) mass is 377 g/mol. The molecule has 0 saturated heterocycles. The summed E-state index contributed by atoms with van der Waals surface area (Å²) in [5, 5.41) is 15.0. The molecule has 0 aliphatic carbocycles. The first kappa shape index (κ1) is 17.3. The van der Waals surface area contributed by atoms with Gasteiger partial charge in [-0.05, 0) is 35.9 Å². The van der Waals surface area contributed by atoms with Crippen LogP contribution in [0.2, 0.25) is 5.02 Å². The van der Waals surface area contributed by atoms with E-state index in [1.807, 2.05) is 12.1 Å². The first-order valence-electron chi connectivity index (χ1n) is 8.41. The van der Waals surface area contributed by atoms with Crippen LogP contribution in [-0.2, 0) is 15.3 Å². The summed E-state index contributed by atoms with van der Waals surface area (Å²) in [5.74, 6) is -2.55. The number of benzene rings is 3. The zero-order valence-corrected chi connectivity index (χ0v) is 15.0. The number of aliphatic hydroxyl groups is 1. The molecule has 0 bridgehead atoms. The fraction of sp³-hybridized carbons (Fsp3) is 0.0455. The lowest BCUT2D eigenvalue weighted by Gasteiger charge is -2.27. The van der Waals surface area contributed by atoms with E-state index in [1.54, 1.807) is 72.8 Å². The van der Waals surface area contributed by atoms with Crippen molar-refractivity contribution in [2.75, 3.05) is 5.32 Å². The highest BCUT2D eigenvalue weighted by Gasteiger charge is 2.41. The summed E-state index contributed by atoms with van der Waals surface area (Å²) in [4.78, 5) is 12.8. The summed E-state index contributed by atoms with van der Waals surface area (Å²) in [6.45, 7) is 0. The first-order chi connectivity index (χ1) is 13.1. The number of halogens is 1. The molecule has 134 valence electrons. The molecule has 3 aromatic carbocycles. The zero-order valence-electron chi connectivity index (χ0n) is 14.2. The van der Waals surface area contributed by atoms with E-state index < -0.39 is 11.8 Å². The van der Waals surface area contributed by atoms with Gasteiger partial charge in [-0.25, -0.2) is 4.79 Å². The number of hydrogen-bond donors (Lipinski definition) is 2. The molecule has 0 saturated carbocycles. The van der Waals surface area contributed by atoms with E-state index in [0.717, 1.165) is 5.56 Å². The second-order valence-corrected chi connectivity index (χ2v) is 6.62. The summed E-state index contributed by atoms with van der Waals surface area (Å²) in [6.07, 6.45) is 1.66. The summed E-state index contributed by atoms with van der Waals surface area (Å²) in [7, 11) is 0. The van der Waals surface area contributed by atoms with Gasteiger partial charge in [-0.2, -0.15) is 0 Å². The smallest absolute Gasteiger partial charge is 0.357 e. The lowest BCUT2D eigenvalue weighted by atomic mass is 9.96. The van der Waals surface area contributed by atoms with Crippen molar-refractivity contribution in [3.05, 3.63) is 106 Å². The number of hydrogen-bond acceptors (Lipinski definition) is 4. The van der Waals surface area contributed by atoms with Gasteiger partial charge >= 0.3 is 5.97 Å². The third-order valence-corrected chi connectivity index (χ3v) is 4.62. The van der Waals surface area contributed by atoms with E-state index in [0.29, 0.717) is 21.8 Å². The van der Waals surface area contributed by atoms with Crippen molar-refractivity contribution in [3.8, 4) is 0 Å². The maximum Gasteiger partial charge on any atom is 0.357 e. The van der Waals surface area contributed by atoms with Gasteiger partial charge in [0.1, 0.15) is 5.70 Å². The normalized spacial score (nSPS) is 20.4. The molecular formula is C22H16ClNO3. The second kappa shape index (κ2) is 6.91. The fourth-order valence-corrected chi connectivity index (χ4v) is 3.15. The van der Waals surface area contributed by atoms with Crippen LogP contribution >= 0.6 is 11.6 Å². The Balaban J connectivity index is 1.83. The first-order valence-corrected chi connectivity index (χ1v) is 8.79. The highest BCUT2D eigenvalue weighted by molar-refractivity contribution is 6.30. The van der Waals surface area contributed by atoms with E-state index in [1.165, 1.54) is 0 Å². The molecule has 27 heavy (non-hydrogen) atoms. The van der Waals surface area contributed by atoms with Gasteiger partial charge in [0.25, 0.3) is 5.79 Å². The van der Waals surface area contributed by atoms with E-state index in [9.17, 15) is 9.90 Å². The zero-order chi connectivity index (χ0) is 18.9. The molecular weight excluding hydrogens is 362 g/mol. The van der Waals surface area contributed by atoms with E-state index in [-0.39, 0.29) is 5.70 Å². The molecule has 0 unspecified atom stereocenters. The Morgan fingerprint density at radius 1 is 0.926 bits per heavy atom. The predicted molar refractivity (Wildman–Crippen MR) is 105 cm³/mol. The lowest BCUT2D eigenvalue weighted by Crippen LogP contribution is -2.32. The molecule has 1 aliphatic heterocycles. The molecule has 1 aliphatic rings. The van der Waals surface area contributed by atoms with Gasteiger partial charge in [0.05, 0.1) is 5.56 Å². The van der Waals surface area contributed by atoms with Gasteiger partial charge in [-0.15, -0.1) is 0 Å². The van der Waals surface area contributed by atoms with Crippen LogP contribution in [0.4, 0.5) is 5.69 Å². The second-order valence-electron chi connectivity index (χ2n) is 6.18. The topological polar surface area (TPSA) is 58.6 Å². The molecule has 1 heterocycles. The van der Waals surface area contributed by atoms with Crippen LogP contribution in [0.1, 0.15) is 16.7 Å². The molecule has 0 amide bonds. The van der Waals surface area contributed by atoms with Gasteiger partial charge in [-0.3, -0.25) is 0 Å². The average molecular weight is 378 g/mol. The number of anilines is 1. The Kier molecular flexibility index (Phi) is 4.44. The Labute approximate surface area is 161 Å². The standard InChI is InChI=1S/C22H16ClNO3/c23-17-12-10-15(11-13-17)14-20-21(25)27-22(26,16-6-2-1-3-7-16)18-8-4-5-9-19(18)24-20/h1-14,24,26H/b20-14+/t22-/m0/s1. The summed E-state index contributed by atoms with van der Waals surface area (Å²) >= 11 is 5.92. The molecule has 2 N–H and O–H groups in total. The Morgan fingerprint density at radius 2 is 1.59 bits per heavy atom. The molecule has 0 radical (unpaired) electrons. The third kappa shape index (κ3) is 3.33. The van der Waals surface area contributed by atoms with E-state index >= 15 is 0 Å². The van der Waals surface area contributed by atoms with Crippen molar-refractivity contribution in [1.29, 1.82) is 0 Å². The van der Waals surface area contributed by atoms with Crippen LogP contribution < -0.4 is 5.32 Å². The number of esters is 1. The predicted octanol–water partition coefficient (Wildman–Crippen LogP) is 4.54. The average Bonchev–Trinajstić information content (AvgIpc) is 2.80. The van der Waals surface area contributed by atoms with Crippen LogP contribution in [-0.4, -0.2) is 11.1 Å². The van der Waals surface area contributed by atoms with Gasteiger partial charge < -0.3 is 15.2 Å². The quantitative estimate of drug-likeness (QED) is 0.508. The Hall–Kier alpha value is -3.08. The molecule has 4 nitrogen and oxygen atoms in total. The van der Waals surface area contributed by atoms with Crippen molar-refractivity contribution in [1.82, 2.24) is 0 Å². The van der Waals surface area contributed by atoms with Crippen molar-refractivity contribution >= 4 is 29.3 Å². The number of para-hydroxylation sites is 1. The maximum absolute atomic E-state index is 12.8. The largest absolute Gasteiger partial charge is 0.419 e. The van der Waals surface area contributed by atoms with Crippen LogP contribution in [0, 0.1) is 0 Å². The number of fused-ring (bicyclic) bond motifs is 1. The van der Waals surface area contributed by atoms with Gasteiger partial charge in [0.15, 0.2) is 0 Å². The number of cyclic esters (lactones) is 1. The minimum absolute atomic E-state index is 0.219. The molecule has 4 rings (SSSR count). The number of carbonyl (C=O) groups is 1. The highest BCUT2D eigenvalue weighted by atomic mass is 35.5. The Bertz CT molecular complexity index is 1020. The summed E-state index contributed by atoms with van der Waals surface area (Å²) in [5.41, 5.74) is 2.53. The maximum atomic E-state index is 12.8. The molecule has 5 heteroatoms. The highest BCUT2D eigenvalue weighted by Crippen LogP contribution is 2.39. The van der Waals surface area contributed by atoms with Crippen LogP contribution in [0.5, 0.6) is 0 Å². The van der Waals surface area contributed by atoms with Crippen molar-refractivity contribution in [3.63, 3.8) is 0 Å². The SMILES string of the molecule is O=C1O[C@@](O)(c2ccccc2)c2ccccc2N/C1=C/c1ccc(Cl)cc1. The van der Waals surface area contributed by atoms with E-state index in [4.69, 9.17) is 16.3 Å². The minimum atomic E-state index is -1.89. The van der Waals surface area contributed by atoms with Crippen molar-refractivity contribution in [2.45, 2.75) is 5.79 Å². The van der Waals surface area contributed by atoms with E-state index in [2.05, 4.69) is 5.32 Å². The number of rotatable bonds is 2. The van der Waals surface area contributed by atoms with Crippen molar-refractivity contribution < 1.29 is 14.6 Å². The fourth-order valence-electron chi connectivity index (χ4n) is 3.03. The number of ether oxygens (including phenoxy) is 1. The molecule has 1 atom stereocenters. The van der Waals surface area contributed by atoms with Crippen LogP contribution in [0.3, 0.4) is 0 Å². The van der Waals surface area contributed by atoms with Gasteiger partial charge in [-0.1, -0.05) is 66.2 Å². The molecule has 0 fully saturated rings. The molecule has 3 aromatic rings. The molecule has 0 spiro atoms. The lowest BCUT2D eigenvalue weighted by molar-refractivity contribution is -0.191. The number of carbonyl (C=O) groups excluding carboxylic acids is 1. The molecule has 0 aromatic heterocycles. The van der Waals surface area contributed by atoms with Gasteiger partial charge in [0.2, 0.25) is 0 Å².